The second kappa shape index (κ2) is 11.6. The number of hydrogen-bond acceptors (Lipinski definition) is 6. The molecule has 0 saturated carbocycles. The van der Waals surface area contributed by atoms with Crippen LogP contribution in [0.15, 0.2) is 84.2 Å². The molecule has 35 heavy (non-hydrogen) atoms. The van der Waals surface area contributed by atoms with Gasteiger partial charge in [-0.2, -0.15) is 0 Å². The first-order valence-corrected chi connectivity index (χ1v) is 12.6. The Morgan fingerprint density at radius 1 is 0.943 bits per heavy atom. The fourth-order valence-corrected chi connectivity index (χ4v) is 4.48. The highest BCUT2D eigenvalue weighted by molar-refractivity contribution is 7.80. The standard InChI is InChI=1S/C27H26N4O2S2/c1-3-31(4-2)21-14-10-20(11-15-21)25(32)29-26(34)30-27-28-24(18-35-27)19-12-16-23(17-13-19)33-22-8-6-5-7-9-22/h5-18H,3-4H2,1-2H3,(H2,28,29,30,32,34). The van der Waals surface area contributed by atoms with Crippen LogP contribution in [0.1, 0.15) is 24.2 Å². The average Bonchev–Trinajstić information content (AvgIpc) is 3.34. The van der Waals surface area contributed by atoms with E-state index >= 15 is 0 Å². The van der Waals surface area contributed by atoms with Gasteiger partial charge in [0.1, 0.15) is 11.5 Å². The maximum Gasteiger partial charge on any atom is 0.257 e. The Kier molecular flexibility index (Phi) is 8.07. The lowest BCUT2D eigenvalue weighted by molar-refractivity contribution is 0.0977. The number of carbonyl (C=O) groups is 1. The van der Waals surface area contributed by atoms with E-state index < -0.39 is 0 Å². The lowest BCUT2D eigenvalue weighted by atomic mass is 10.2. The molecular weight excluding hydrogens is 476 g/mol. The van der Waals surface area contributed by atoms with Crippen molar-refractivity contribution in [2.45, 2.75) is 13.8 Å². The number of aromatic nitrogens is 1. The molecule has 0 atom stereocenters. The molecule has 0 fully saturated rings. The van der Waals surface area contributed by atoms with Crippen LogP contribution < -0.4 is 20.3 Å². The molecule has 0 bridgehead atoms. The molecule has 0 aliphatic carbocycles. The van der Waals surface area contributed by atoms with E-state index in [0.29, 0.717) is 10.7 Å². The monoisotopic (exact) mass is 502 g/mol. The summed E-state index contributed by atoms with van der Waals surface area (Å²) in [7, 11) is 0. The maximum atomic E-state index is 12.6. The summed E-state index contributed by atoms with van der Waals surface area (Å²) in [6.07, 6.45) is 0. The van der Waals surface area contributed by atoms with Crippen LogP contribution in [0.5, 0.6) is 11.5 Å². The number of rotatable bonds is 8. The molecule has 1 aromatic heterocycles. The Morgan fingerprint density at radius 3 is 2.26 bits per heavy atom. The molecule has 6 nitrogen and oxygen atoms in total. The van der Waals surface area contributed by atoms with E-state index in [1.807, 2.05) is 72.1 Å². The van der Waals surface area contributed by atoms with Crippen LogP contribution in [0.25, 0.3) is 11.3 Å². The van der Waals surface area contributed by atoms with Gasteiger partial charge in [-0.25, -0.2) is 4.98 Å². The molecule has 8 heteroatoms. The van der Waals surface area contributed by atoms with Crippen LogP contribution in [-0.4, -0.2) is 29.1 Å². The highest BCUT2D eigenvalue weighted by atomic mass is 32.1. The number of hydrogen-bond donors (Lipinski definition) is 2. The zero-order valence-corrected chi connectivity index (χ0v) is 21.2. The summed E-state index contributed by atoms with van der Waals surface area (Å²) in [6.45, 7) is 6.04. The van der Waals surface area contributed by atoms with Crippen LogP contribution in [0.3, 0.4) is 0 Å². The number of thiocarbonyl (C=S) groups is 1. The largest absolute Gasteiger partial charge is 0.457 e. The third kappa shape index (κ3) is 6.44. The van der Waals surface area contributed by atoms with Crippen molar-refractivity contribution < 1.29 is 9.53 Å². The SMILES string of the molecule is CCN(CC)c1ccc(C(=O)NC(=S)Nc2nc(-c3ccc(Oc4ccccc4)cc3)cs2)cc1. The number of nitrogens with one attached hydrogen (secondary N) is 2. The molecule has 2 N–H and O–H groups in total. The van der Waals surface area contributed by atoms with E-state index in [2.05, 4.69) is 34.4 Å². The minimum Gasteiger partial charge on any atom is -0.457 e. The predicted molar refractivity (Wildman–Crippen MR) is 148 cm³/mol. The highest BCUT2D eigenvalue weighted by Gasteiger charge is 2.11. The molecule has 1 heterocycles. The van der Waals surface area contributed by atoms with Crippen LogP contribution in [0.4, 0.5) is 10.8 Å². The lowest BCUT2D eigenvalue weighted by Crippen LogP contribution is -2.34. The maximum absolute atomic E-state index is 12.6. The first-order valence-electron chi connectivity index (χ1n) is 11.3. The Labute approximate surface area is 214 Å². The predicted octanol–water partition coefficient (Wildman–Crippen LogP) is 6.58. The number of ether oxygens (including phenoxy) is 1. The van der Waals surface area contributed by atoms with Gasteiger partial charge >= 0.3 is 0 Å². The van der Waals surface area contributed by atoms with Crippen LogP contribution in [-0.2, 0) is 0 Å². The number of carbonyl (C=O) groups excluding carboxylic acids is 1. The van der Waals surface area contributed by atoms with Gasteiger partial charge in [0.2, 0.25) is 0 Å². The number of para-hydroxylation sites is 1. The Balaban J connectivity index is 1.33. The Morgan fingerprint density at radius 2 is 1.60 bits per heavy atom. The van der Waals surface area contributed by atoms with Crippen molar-refractivity contribution in [3.05, 3.63) is 89.8 Å². The van der Waals surface area contributed by atoms with E-state index in [-0.39, 0.29) is 11.0 Å². The minimum absolute atomic E-state index is 0.204. The lowest BCUT2D eigenvalue weighted by Gasteiger charge is -2.21. The zero-order valence-electron chi connectivity index (χ0n) is 19.5. The van der Waals surface area contributed by atoms with Gasteiger partial charge in [0.15, 0.2) is 10.2 Å². The van der Waals surface area contributed by atoms with E-state index in [4.69, 9.17) is 17.0 Å². The topological polar surface area (TPSA) is 66.5 Å². The molecular formula is C27H26N4O2S2. The molecule has 4 rings (SSSR count). The first-order chi connectivity index (χ1) is 17.1. The van der Waals surface area contributed by atoms with Gasteiger partial charge in [-0.05, 0) is 86.7 Å². The summed E-state index contributed by atoms with van der Waals surface area (Å²) in [6, 6.07) is 24.9. The van der Waals surface area contributed by atoms with E-state index in [0.717, 1.165) is 41.5 Å². The van der Waals surface area contributed by atoms with E-state index in [1.165, 1.54) is 11.3 Å². The molecule has 178 valence electrons. The summed E-state index contributed by atoms with van der Waals surface area (Å²) in [5.74, 6) is 1.28. The summed E-state index contributed by atoms with van der Waals surface area (Å²) < 4.78 is 5.84. The van der Waals surface area contributed by atoms with E-state index in [9.17, 15) is 4.79 Å². The van der Waals surface area contributed by atoms with Crippen LogP contribution >= 0.6 is 23.6 Å². The summed E-state index contributed by atoms with van der Waals surface area (Å²) >= 11 is 6.74. The zero-order chi connectivity index (χ0) is 24.6. The molecule has 0 aliphatic heterocycles. The van der Waals surface area contributed by atoms with Crippen molar-refractivity contribution in [3.63, 3.8) is 0 Å². The number of thiazole rings is 1. The number of amides is 1. The quantitative estimate of drug-likeness (QED) is 0.266. The van der Waals surface area contributed by atoms with Gasteiger partial charge in [-0.15, -0.1) is 11.3 Å². The third-order valence-electron chi connectivity index (χ3n) is 5.34. The van der Waals surface area contributed by atoms with Gasteiger partial charge in [0.05, 0.1) is 5.69 Å². The second-order valence-electron chi connectivity index (χ2n) is 7.60. The molecule has 3 aromatic carbocycles. The van der Waals surface area contributed by atoms with Crippen molar-refractivity contribution in [2.24, 2.45) is 0 Å². The van der Waals surface area contributed by atoms with Crippen molar-refractivity contribution in [1.82, 2.24) is 10.3 Å². The van der Waals surface area contributed by atoms with Crippen molar-refractivity contribution in [3.8, 4) is 22.8 Å². The third-order valence-corrected chi connectivity index (χ3v) is 6.30. The molecule has 0 saturated heterocycles. The molecule has 0 radical (unpaired) electrons. The van der Waals surface area contributed by atoms with Crippen molar-refractivity contribution >= 4 is 45.4 Å². The normalized spacial score (nSPS) is 10.5. The van der Waals surface area contributed by atoms with Gasteiger partial charge in [0.25, 0.3) is 5.91 Å². The van der Waals surface area contributed by atoms with Gasteiger partial charge in [-0.1, -0.05) is 18.2 Å². The first kappa shape index (κ1) is 24.4. The van der Waals surface area contributed by atoms with Gasteiger partial charge in [-0.3, -0.25) is 10.1 Å². The van der Waals surface area contributed by atoms with Gasteiger partial charge < -0.3 is 15.0 Å². The van der Waals surface area contributed by atoms with Gasteiger partial charge in [0, 0.05) is 35.3 Å². The number of nitrogens with zero attached hydrogens (tertiary/aromatic N) is 2. The van der Waals surface area contributed by atoms with Crippen LogP contribution in [0, 0.1) is 0 Å². The molecule has 0 unspecified atom stereocenters. The van der Waals surface area contributed by atoms with Crippen LogP contribution in [0.2, 0.25) is 0 Å². The Bertz CT molecular complexity index is 1270. The summed E-state index contributed by atoms with van der Waals surface area (Å²) in [5.41, 5.74) is 3.40. The van der Waals surface area contributed by atoms with Crippen molar-refractivity contribution in [1.29, 1.82) is 0 Å². The fraction of sp³-hybridized carbons (Fsp3) is 0.148. The molecule has 1 amide bonds. The van der Waals surface area contributed by atoms with E-state index in [1.54, 1.807) is 12.1 Å². The minimum atomic E-state index is -0.264. The average molecular weight is 503 g/mol. The molecule has 0 aliphatic rings. The fourth-order valence-electron chi connectivity index (χ4n) is 3.50. The highest BCUT2D eigenvalue weighted by Crippen LogP contribution is 2.28. The Hall–Kier alpha value is -3.75. The number of anilines is 2. The second-order valence-corrected chi connectivity index (χ2v) is 8.87. The number of benzene rings is 3. The summed E-state index contributed by atoms with van der Waals surface area (Å²) in [4.78, 5) is 19.4. The summed E-state index contributed by atoms with van der Waals surface area (Å²) in [5, 5.41) is 8.46. The molecule has 0 spiro atoms. The smallest absolute Gasteiger partial charge is 0.257 e. The molecule has 4 aromatic rings. The van der Waals surface area contributed by atoms with Crippen molar-refractivity contribution in [2.75, 3.05) is 23.3 Å².